The number of hydrogen-bond acceptors (Lipinski definition) is 1. The molecule has 1 fully saturated rings. The highest BCUT2D eigenvalue weighted by Gasteiger charge is 2.04. The second-order valence-electron chi connectivity index (χ2n) is 3.38. The normalized spacial score (nSPS) is 17.8. The minimum atomic E-state index is 1.33. The van der Waals surface area contributed by atoms with Crippen LogP contribution in [0.1, 0.15) is 37.0 Å². The zero-order valence-corrected chi connectivity index (χ0v) is 8.07. The molecule has 0 unspecified atom stereocenters. The molecule has 0 amide bonds. The third-order valence-electron chi connectivity index (χ3n) is 2.39. The molecule has 0 aliphatic heterocycles. The van der Waals surface area contributed by atoms with Crippen molar-refractivity contribution < 1.29 is 0 Å². The van der Waals surface area contributed by atoms with Gasteiger partial charge in [0.2, 0.25) is 0 Å². The summed E-state index contributed by atoms with van der Waals surface area (Å²) < 4.78 is 0. The van der Waals surface area contributed by atoms with Crippen molar-refractivity contribution in [2.24, 2.45) is 0 Å². The van der Waals surface area contributed by atoms with Gasteiger partial charge in [0.05, 0.1) is 0 Å². The molecule has 64 valence electrons. The lowest BCUT2D eigenvalue weighted by Crippen LogP contribution is -1.92. The zero-order chi connectivity index (χ0) is 8.23. The second kappa shape index (κ2) is 3.90. The quantitative estimate of drug-likeness (QED) is 0.607. The van der Waals surface area contributed by atoms with E-state index in [1.807, 2.05) is 11.3 Å². The summed E-state index contributed by atoms with van der Waals surface area (Å²) in [4.78, 5) is 1.42. The van der Waals surface area contributed by atoms with Crippen LogP contribution in [0.2, 0.25) is 0 Å². The van der Waals surface area contributed by atoms with E-state index in [4.69, 9.17) is 0 Å². The van der Waals surface area contributed by atoms with Crippen LogP contribution in [0, 0.1) is 0 Å². The average molecular weight is 178 g/mol. The Hall–Kier alpha value is -0.560. The fourth-order valence-electron chi connectivity index (χ4n) is 1.72. The molecule has 1 aliphatic carbocycles. The molecule has 0 atom stereocenters. The van der Waals surface area contributed by atoms with Crippen molar-refractivity contribution in [3.63, 3.8) is 0 Å². The van der Waals surface area contributed by atoms with Crippen LogP contribution in [0.4, 0.5) is 0 Å². The van der Waals surface area contributed by atoms with Gasteiger partial charge >= 0.3 is 0 Å². The molecular formula is C11H14S. The summed E-state index contributed by atoms with van der Waals surface area (Å²) >= 11 is 1.84. The SMILES string of the molecule is C(=C1CCCCC1)c1cccs1. The topological polar surface area (TPSA) is 0 Å². The molecule has 1 aromatic heterocycles. The lowest BCUT2D eigenvalue weighted by molar-refractivity contribution is 0.603. The van der Waals surface area contributed by atoms with E-state index in [1.165, 1.54) is 37.0 Å². The van der Waals surface area contributed by atoms with Crippen molar-refractivity contribution in [3.05, 3.63) is 28.0 Å². The van der Waals surface area contributed by atoms with E-state index < -0.39 is 0 Å². The Morgan fingerprint density at radius 2 is 2.00 bits per heavy atom. The Balaban J connectivity index is 2.07. The Bertz CT molecular complexity index is 249. The number of hydrogen-bond donors (Lipinski definition) is 0. The molecular weight excluding hydrogens is 164 g/mol. The van der Waals surface area contributed by atoms with Crippen molar-refractivity contribution >= 4 is 17.4 Å². The van der Waals surface area contributed by atoms with Crippen molar-refractivity contribution in [2.75, 3.05) is 0 Å². The molecule has 0 nitrogen and oxygen atoms in total. The minimum absolute atomic E-state index is 1.33. The van der Waals surface area contributed by atoms with Gasteiger partial charge in [0.25, 0.3) is 0 Å². The van der Waals surface area contributed by atoms with E-state index in [1.54, 1.807) is 5.57 Å². The van der Waals surface area contributed by atoms with Gasteiger partial charge in [0.1, 0.15) is 0 Å². The van der Waals surface area contributed by atoms with Gasteiger partial charge in [0.15, 0.2) is 0 Å². The molecule has 0 spiro atoms. The summed E-state index contributed by atoms with van der Waals surface area (Å²) in [5.74, 6) is 0. The zero-order valence-electron chi connectivity index (χ0n) is 7.25. The fourth-order valence-corrected chi connectivity index (χ4v) is 2.43. The molecule has 1 heterocycles. The van der Waals surface area contributed by atoms with Crippen molar-refractivity contribution in [2.45, 2.75) is 32.1 Å². The van der Waals surface area contributed by atoms with E-state index in [2.05, 4.69) is 23.6 Å². The second-order valence-corrected chi connectivity index (χ2v) is 4.36. The molecule has 0 bridgehead atoms. The summed E-state index contributed by atoms with van der Waals surface area (Å²) in [5.41, 5.74) is 1.66. The third-order valence-corrected chi connectivity index (χ3v) is 3.20. The van der Waals surface area contributed by atoms with E-state index in [0.717, 1.165) is 0 Å². The Morgan fingerprint density at radius 3 is 2.67 bits per heavy atom. The molecule has 0 radical (unpaired) electrons. The summed E-state index contributed by atoms with van der Waals surface area (Å²) in [7, 11) is 0. The van der Waals surface area contributed by atoms with Crippen LogP contribution in [-0.4, -0.2) is 0 Å². The average Bonchev–Trinajstić information content (AvgIpc) is 2.59. The van der Waals surface area contributed by atoms with Crippen LogP contribution in [0.15, 0.2) is 23.1 Å². The minimum Gasteiger partial charge on any atom is -0.144 e. The van der Waals surface area contributed by atoms with E-state index in [-0.39, 0.29) is 0 Å². The molecule has 1 aromatic rings. The van der Waals surface area contributed by atoms with Gasteiger partial charge < -0.3 is 0 Å². The van der Waals surface area contributed by atoms with Crippen LogP contribution in [0.3, 0.4) is 0 Å². The van der Waals surface area contributed by atoms with Crippen LogP contribution in [-0.2, 0) is 0 Å². The van der Waals surface area contributed by atoms with Gasteiger partial charge in [-0.2, -0.15) is 0 Å². The molecule has 0 N–H and O–H groups in total. The summed E-state index contributed by atoms with van der Waals surface area (Å²) in [6, 6.07) is 4.33. The van der Waals surface area contributed by atoms with Crippen LogP contribution >= 0.6 is 11.3 Å². The molecule has 12 heavy (non-hydrogen) atoms. The van der Waals surface area contributed by atoms with Gasteiger partial charge in [-0.05, 0) is 43.2 Å². The van der Waals surface area contributed by atoms with Crippen molar-refractivity contribution in [3.8, 4) is 0 Å². The number of rotatable bonds is 1. The largest absolute Gasteiger partial charge is 0.144 e. The van der Waals surface area contributed by atoms with Crippen molar-refractivity contribution in [1.82, 2.24) is 0 Å². The standard InChI is InChI=1S/C11H14S/c1-2-5-10(6-3-1)9-11-7-4-8-12-11/h4,7-9H,1-3,5-6H2. The third kappa shape index (κ3) is 1.98. The van der Waals surface area contributed by atoms with E-state index >= 15 is 0 Å². The maximum atomic E-state index is 2.38. The Morgan fingerprint density at radius 1 is 1.17 bits per heavy atom. The Labute approximate surface area is 77.9 Å². The van der Waals surface area contributed by atoms with Crippen LogP contribution in [0.25, 0.3) is 6.08 Å². The maximum Gasteiger partial charge on any atom is 0.0269 e. The number of allylic oxidation sites excluding steroid dienone is 1. The molecule has 1 saturated carbocycles. The lowest BCUT2D eigenvalue weighted by Gasteiger charge is -2.12. The number of thiophene rings is 1. The maximum absolute atomic E-state index is 2.38. The summed E-state index contributed by atoms with van der Waals surface area (Å²) in [5, 5.41) is 2.15. The van der Waals surface area contributed by atoms with Gasteiger partial charge in [-0.1, -0.05) is 18.1 Å². The smallest absolute Gasteiger partial charge is 0.0269 e. The predicted molar refractivity (Wildman–Crippen MR) is 55.4 cm³/mol. The monoisotopic (exact) mass is 178 g/mol. The molecule has 1 heteroatoms. The predicted octanol–water partition coefficient (Wildman–Crippen LogP) is 4.10. The first-order valence-corrected chi connectivity index (χ1v) is 5.56. The highest BCUT2D eigenvalue weighted by atomic mass is 32.1. The van der Waals surface area contributed by atoms with Gasteiger partial charge in [-0.3, -0.25) is 0 Å². The molecule has 2 rings (SSSR count). The van der Waals surface area contributed by atoms with Gasteiger partial charge in [-0.15, -0.1) is 11.3 Å². The van der Waals surface area contributed by atoms with Gasteiger partial charge in [0, 0.05) is 4.88 Å². The molecule has 0 saturated heterocycles. The molecule has 1 aliphatic rings. The molecule has 0 aromatic carbocycles. The summed E-state index contributed by atoms with van der Waals surface area (Å²) in [6.07, 6.45) is 9.27. The van der Waals surface area contributed by atoms with Crippen molar-refractivity contribution in [1.29, 1.82) is 0 Å². The first-order chi connectivity index (χ1) is 5.95. The van der Waals surface area contributed by atoms with Crippen LogP contribution in [0.5, 0.6) is 0 Å². The van der Waals surface area contributed by atoms with E-state index in [0.29, 0.717) is 0 Å². The summed E-state index contributed by atoms with van der Waals surface area (Å²) in [6.45, 7) is 0. The first kappa shape index (κ1) is 8.06. The first-order valence-electron chi connectivity index (χ1n) is 4.68. The Kier molecular flexibility index (Phi) is 2.62. The highest BCUT2D eigenvalue weighted by Crippen LogP contribution is 2.25. The highest BCUT2D eigenvalue weighted by molar-refractivity contribution is 7.10. The lowest BCUT2D eigenvalue weighted by atomic mass is 9.94. The fraction of sp³-hybridized carbons (Fsp3) is 0.455. The van der Waals surface area contributed by atoms with Gasteiger partial charge in [-0.25, -0.2) is 0 Å². The van der Waals surface area contributed by atoms with Crippen LogP contribution < -0.4 is 0 Å². The van der Waals surface area contributed by atoms with E-state index in [9.17, 15) is 0 Å².